The number of hydrogen-bond acceptors (Lipinski definition) is 1. The largest absolute Gasteiger partial charge is 0.130 e. The van der Waals surface area contributed by atoms with Crippen LogP contribution < -0.4 is 0 Å². The molecule has 0 saturated heterocycles. The zero-order chi connectivity index (χ0) is 12.6. The summed E-state index contributed by atoms with van der Waals surface area (Å²) in [5.74, 6) is 0. The first kappa shape index (κ1) is 14.4. The molecule has 0 nitrogen and oxygen atoms in total. The number of benzene rings is 1. The van der Waals surface area contributed by atoms with Crippen LogP contribution in [-0.4, -0.2) is 0 Å². The molecule has 0 N–H and O–H groups in total. The van der Waals surface area contributed by atoms with E-state index in [-0.39, 0.29) is 4.83 Å². The molecular formula is C11H5Br3Cl2S. The van der Waals surface area contributed by atoms with Crippen molar-refractivity contribution in [3.63, 3.8) is 0 Å². The molecule has 0 saturated carbocycles. The molecule has 0 aliphatic rings. The normalized spacial score (nSPS) is 12.8. The van der Waals surface area contributed by atoms with E-state index in [9.17, 15) is 0 Å². The van der Waals surface area contributed by atoms with E-state index >= 15 is 0 Å². The standard InChI is InChI=1S/C11H5Br3Cl2S/c12-6-3-1-2-5(10(6)16)9(13)8-4-7(15)11(14)17-8/h1-4,9H. The molecular weight excluding hydrogens is 475 g/mol. The minimum Gasteiger partial charge on any atom is -0.130 e. The Balaban J connectivity index is 2.43. The topological polar surface area (TPSA) is 0 Å². The minimum absolute atomic E-state index is 0.0429. The van der Waals surface area contributed by atoms with Crippen LogP contribution in [0.2, 0.25) is 10.0 Å². The van der Waals surface area contributed by atoms with Crippen molar-refractivity contribution in [2.75, 3.05) is 0 Å². The second-order valence-electron chi connectivity index (χ2n) is 3.28. The van der Waals surface area contributed by atoms with E-state index in [1.54, 1.807) is 11.3 Å². The molecule has 0 radical (unpaired) electrons. The van der Waals surface area contributed by atoms with Gasteiger partial charge >= 0.3 is 0 Å². The van der Waals surface area contributed by atoms with Crippen LogP contribution in [0.3, 0.4) is 0 Å². The summed E-state index contributed by atoms with van der Waals surface area (Å²) < 4.78 is 1.83. The molecule has 0 bridgehead atoms. The molecule has 1 atom stereocenters. The first-order valence-corrected chi connectivity index (χ1v) is 8.61. The Morgan fingerprint density at radius 2 is 1.88 bits per heavy atom. The molecule has 1 aromatic carbocycles. The van der Waals surface area contributed by atoms with Crippen LogP contribution in [0.5, 0.6) is 0 Å². The second kappa shape index (κ2) is 5.93. The number of rotatable bonds is 2. The van der Waals surface area contributed by atoms with E-state index in [0.717, 1.165) is 28.7 Å². The summed E-state index contributed by atoms with van der Waals surface area (Å²) in [6.45, 7) is 0. The van der Waals surface area contributed by atoms with Crippen molar-refractivity contribution in [2.45, 2.75) is 4.83 Å². The summed E-state index contributed by atoms with van der Waals surface area (Å²) in [5.41, 5.74) is 1.02. The first-order valence-electron chi connectivity index (χ1n) is 4.53. The zero-order valence-electron chi connectivity index (χ0n) is 8.18. The fraction of sp³-hybridized carbons (Fsp3) is 0.0909. The number of hydrogen-bond donors (Lipinski definition) is 0. The lowest BCUT2D eigenvalue weighted by Gasteiger charge is -2.11. The van der Waals surface area contributed by atoms with Gasteiger partial charge in [-0.25, -0.2) is 0 Å². The van der Waals surface area contributed by atoms with E-state index in [1.165, 1.54) is 0 Å². The molecule has 90 valence electrons. The maximum absolute atomic E-state index is 6.27. The first-order chi connectivity index (χ1) is 8.00. The third-order valence-corrected chi connectivity index (χ3v) is 7.31. The van der Waals surface area contributed by atoms with Gasteiger partial charge in [-0.3, -0.25) is 0 Å². The maximum Gasteiger partial charge on any atom is 0.0887 e. The minimum atomic E-state index is 0.0429. The Morgan fingerprint density at radius 3 is 2.47 bits per heavy atom. The summed E-state index contributed by atoms with van der Waals surface area (Å²) >= 11 is 24.4. The highest BCUT2D eigenvalue weighted by molar-refractivity contribution is 9.11. The van der Waals surface area contributed by atoms with Crippen LogP contribution in [0.1, 0.15) is 15.3 Å². The van der Waals surface area contributed by atoms with Gasteiger partial charge in [0.2, 0.25) is 0 Å². The lowest BCUT2D eigenvalue weighted by molar-refractivity contribution is 1.22. The third kappa shape index (κ3) is 3.10. The van der Waals surface area contributed by atoms with Crippen molar-refractivity contribution in [1.29, 1.82) is 0 Å². The molecule has 0 spiro atoms. The highest BCUT2D eigenvalue weighted by Crippen LogP contribution is 2.44. The van der Waals surface area contributed by atoms with Crippen molar-refractivity contribution in [2.24, 2.45) is 0 Å². The third-order valence-electron chi connectivity index (χ3n) is 2.17. The molecule has 0 aliphatic carbocycles. The lowest BCUT2D eigenvalue weighted by Crippen LogP contribution is -1.91. The Bertz CT molecular complexity index is 534. The number of alkyl halides is 1. The molecule has 0 aliphatic heterocycles. The summed E-state index contributed by atoms with van der Waals surface area (Å²) in [6.07, 6.45) is 0. The molecule has 0 fully saturated rings. The second-order valence-corrected chi connectivity index (χ2v) is 8.23. The van der Waals surface area contributed by atoms with Crippen LogP contribution in [0.15, 0.2) is 32.5 Å². The quantitative estimate of drug-likeness (QED) is 0.404. The SMILES string of the molecule is Clc1cc(C(Br)c2cccc(Br)c2Cl)sc1Br. The molecule has 17 heavy (non-hydrogen) atoms. The fourth-order valence-electron chi connectivity index (χ4n) is 1.36. The lowest BCUT2D eigenvalue weighted by atomic mass is 10.1. The number of halogens is 5. The smallest absolute Gasteiger partial charge is 0.0887 e. The molecule has 1 unspecified atom stereocenters. The summed E-state index contributed by atoms with van der Waals surface area (Å²) in [4.78, 5) is 1.16. The van der Waals surface area contributed by atoms with E-state index < -0.39 is 0 Å². The molecule has 2 rings (SSSR count). The van der Waals surface area contributed by atoms with Crippen LogP contribution >= 0.6 is 82.3 Å². The summed E-state index contributed by atoms with van der Waals surface area (Å²) in [6, 6.07) is 7.81. The van der Waals surface area contributed by atoms with Crippen LogP contribution in [0, 0.1) is 0 Å². The van der Waals surface area contributed by atoms with Crippen LogP contribution in [0.25, 0.3) is 0 Å². The van der Waals surface area contributed by atoms with Crippen molar-refractivity contribution < 1.29 is 0 Å². The molecule has 6 heteroatoms. The zero-order valence-corrected chi connectivity index (χ0v) is 15.3. The van der Waals surface area contributed by atoms with Gasteiger partial charge < -0.3 is 0 Å². The van der Waals surface area contributed by atoms with Crippen molar-refractivity contribution in [3.05, 3.63) is 53.0 Å². The Labute approximate surface area is 139 Å². The van der Waals surface area contributed by atoms with Gasteiger partial charge in [0.15, 0.2) is 0 Å². The maximum atomic E-state index is 6.27. The fourth-order valence-corrected chi connectivity index (χ4v) is 4.64. The van der Waals surface area contributed by atoms with E-state index in [1.807, 2.05) is 24.3 Å². The molecule has 1 aromatic heterocycles. The summed E-state index contributed by atoms with van der Waals surface area (Å²) in [7, 11) is 0. The average molecular weight is 480 g/mol. The molecule has 2 aromatic rings. The van der Waals surface area contributed by atoms with Gasteiger partial charge in [0.25, 0.3) is 0 Å². The van der Waals surface area contributed by atoms with Gasteiger partial charge in [0.1, 0.15) is 0 Å². The van der Waals surface area contributed by atoms with Crippen molar-refractivity contribution in [3.8, 4) is 0 Å². The highest BCUT2D eigenvalue weighted by Gasteiger charge is 2.18. The van der Waals surface area contributed by atoms with Gasteiger partial charge in [-0.2, -0.15) is 0 Å². The van der Waals surface area contributed by atoms with Gasteiger partial charge in [-0.1, -0.05) is 51.3 Å². The predicted molar refractivity (Wildman–Crippen MR) is 87.0 cm³/mol. The predicted octanol–water partition coefficient (Wildman–Crippen LogP) is 7.06. The summed E-state index contributed by atoms with van der Waals surface area (Å²) in [5, 5.41) is 1.44. The molecule has 0 amide bonds. The van der Waals surface area contributed by atoms with E-state index in [2.05, 4.69) is 47.8 Å². The van der Waals surface area contributed by atoms with Gasteiger partial charge in [-0.15, -0.1) is 11.3 Å². The monoisotopic (exact) mass is 476 g/mol. The van der Waals surface area contributed by atoms with Crippen molar-refractivity contribution in [1.82, 2.24) is 0 Å². The van der Waals surface area contributed by atoms with Gasteiger partial charge in [0.05, 0.1) is 18.7 Å². The van der Waals surface area contributed by atoms with Crippen molar-refractivity contribution >= 4 is 82.3 Å². The van der Waals surface area contributed by atoms with Crippen LogP contribution in [-0.2, 0) is 0 Å². The van der Waals surface area contributed by atoms with Gasteiger partial charge in [-0.05, 0) is 49.6 Å². The van der Waals surface area contributed by atoms with Gasteiger partial charge in [0, 0.05) is 9.35 Å². The Hall–Kier alpha value is 0.940. The van der Waals surface area contributed by atoms with E-state index in [0.29, 0.717) is 0 Å². The Kier molecular flexibility index (Phi) is 5.01. The van der Waals surface area contributed by atoms with E-state index in [4.69, 9.17) is 23.2 Å². The average Bonchev–Trinajstić information content (AvgIpc) is 2.62. The number of thiophene rings is 1. The van der Waals surface area contributed by atoms with Crippen LogP contribution in [0.4, 0.5) is 0 Å². The molecule has 1 heterocycles. The Morgan fingerprint density at radius 1 is 1.18 bits per heavy atom. The highest BCUT2D eigenvalue weighted by atomic mass is 79.9.